The van der Waals surface area contributed by atoms with Crippen molar-refractivity contribution < 1.29 is 14.0 Å². The van der Waals surface area contributed by atoms with Gasteiger partial charge in [0.1, 0.15) is 12.2 Å². The van der Waals surface area contributed by atoms with E-state index in [9.17, 15) is 9.18 Å². The van der Waals surface area contributed by atoms with E-state index < -0.39 is 12.2 Å². The van der Waals surface area contributed by atoms with E-state index >= 15 is 0 Å². The minimum Gasteiger partial charge on any atom is -0.389 e. The predicted molar refractivity (Wildman–Crippen MR) is 102 cm³/mol. The number of aromatic nitrogens is 1. The Morgan fingerprint density at radius 3 is 3.07 bits per heavy atom. The number of halogens is 1. The molecule has 7 nitrogen and oxygen atoms in total. The molecule has 2 heterocycles. The first-order valence-corrected chi connectivity index (χ1v) is 9.69. The largest absolute Gasteiger partial charge is 0.389 e. The molecule has 1 N–H and O–H groups in total. The van der Waals surface area contributed by atoms with Crippen molar-refractivity contribution in [3.05, 3.63) is 30.1 Å². The third kappa shape index (κ3) is 5.26. The minimum absolute atomic E-state index is 0.0193. The summed E-state index contributed by atoms with van der Waals surface area (Å²) in [4.78, 5) is 23.3. The summed E-state index contributed by atoms with van der Waals surface area (Å²) in [7, 11) is 0. The molecule has 0 unspecified atom stereocenters. The number of hydrogen-bond acceptors (Lipinski definition) is 6. The number of rotatable bonds is 7. The van der Waals surface area contributed by atoms with Crippen molar-refractivity contribution in [3.8, 4) is 6.07 Å². The zero-order chi connectivity index (χ0) is 19.9. The maximum Gasteiger partial charge on any atom is 0.237 e. The fraction of sp³-hybridized carbons (Fsp3) is 0.600. The molecule has 1 saturated carbocycles. The maximum atomic E-state index is 13.5. The van der Waals surface area contributed by atoms with Crippen LogP contribution in [0.25, 0.3) is 0 Å². The number of alkyl halides is 1. The fourth-order valence-corrected chi connectivity index (χ4v) is 3.82. The van der Waals surface area contributed by atoms with Gasteiger partial charge in [-0.3, -0.25) is 9.78 Å². The van der Waals surface area contributed by atoms with Crippen LogP contribution in [0.4, 0.5) is 4.39 Å². The highest BCUT2D eigenvalue weighted by atomic mass is 19.1. The van der Waals surface area contributed by atoms with E-state index in [1.165, 1.54) is 4.90 Å². The molecular formula is C20H26FN5O2. The molecule has 0 aromatic carbocycles. The minimum atomic E-state index is -1.10. The van der Waals surface area contributed by atoms with Crippen LogP contribution in [0.3, 0.4) is 0 Å². The molecule has 150 valence electrons. The molecule has 1 saturated heterocycles. The van der Waals surface area contributed by atoms with E-state index in [0.717, 1.165) is 30.7 Å². The molecule has 0 spiro atoms. The second-order valence-corrected chi connectivity index (χ2v) is 7.44. The van der Waals surface area contributed by atoms with Crippen LogP contribution in [-0.4, -0.2) is 52.8 Å². The van der Waals surface area contributed by atoms with Gasteiger partial charge in [-0.15, -0.1) is 0 Å². The molecule has 28 heavy (non-hydrogen) atoms. The first-order chi connectivity index (χ1) is 13.6. The second kappa shape index (κ2) is 9.60. The normalized spacial score (nSPS) is 27.6. The van der Waals surface area contributed by atoms with Crippen LogP contribution in [0.15, 0.2) is 29.6 Å². The molecule has 3 rings (SSSR count). The van der Waals surface area contributed by atoms with Gasteiger partial charge in [-0.1, -0.05) is 11.2 Å². The van der Waals surface area contributed by atoms with Gasteiger partial charge < -0.3 is 15.1 Å². The van der Waals surface area contributed by atoms with Crippen molar-refractivity contribution in [1.29, 1.82) is 5.26 Å². The third-order valence-electron chi connectivity index (χ3n) is 5.43. The molecule has 1 aliphatic carbocycles. The quantitative estimate of drug-likeness (QED) is 0.572. The molecular weight excluding hydrogens is 361 g/mol. The van der Waals surface area contributed by atoms with Gasteiger partial charge in [-0.25, -0.2) is 4.39 Å². The van der Waals surface area contributed by atoms with Crippen LogP contribution < -0.4 is 5.32 Å². The van der Waals surface area contributed by atoms with Gasteiger partial charge >= 0.3 is 0 Å². The monoisotopic (exact) mass is 387 g/mol. The fourth-order valence-electron chi connectivity index (χ4n) is 3.82. The molecule has 1 aromatic heterocycles. The second-order valence-electron chi connectivity index (χ2n) is 7.44. The Hall–Kier alpha value is -2.53. The van der Waals surface area contributed by atoms with Gasteiger partial charge in [-0.05, 0) is 38.3 Å². The Morgan fingerprint density at radius 1 is 1.46 bits per heavy atom. The predicted octanol–water partition coefficient (Wildman–Crippen LogP) is 2.19. The van der Waals surface area contributed by atoms with Crippen molar-refractivity contribution in [1.82, 2.24) is 15.2 Å². The topological polar surface area (TPSA) is 90.6 Å². The Bertz CT molecular complexity index is 736. The van der Waals surface area contributed by atoms with E-state index in [2.05, 4.69) is 15.5 Å². The Morgan fingerprint density at radius 2 is 2.32 bits per heavy atom. The first kappa shape index (κ1) is 20.2. The summed E-state index contributed by atoms with van der Waals surface area (Å²) < 4.78 is 13.5. The number of likely N-dealkylation sites (tertiary alicyclic amines) is 1. The van der Waals surface area contributed by atoms with Gasteiger partial charge in [0, 0.05) is 24.6 Å². The maximum absolute atomic E-state index is 13.5. The van der Waals surface area contributed by atoms with Crippen molar-refractivity contribution in [3.63, 3.8) is 0 Å². The Kier molecular flexibility index (Phi) is 6.93. The van der Waals surface area contributed by atoms with Crippen molar-refractivity contribution >= 4 is 11.6 Å². The number of nitrogens with zero attached hydrogens (tertiary/aromatic N) is 4. The van der Waals surface area contributed by atoms with Crippen LogP contribution in [0.1, 0.15) is 38.3 Å². The van der Waals surface area contributed by atoms with Crippen LogP contribution in [0, 0.1) is 17.2 Å². The lowest BCUT2D eigenvalue weighted by Gasteiger charge is -2.21. The number of amides is 1. The summed E-state index contributed by atoms with van der Waals surface area (Å²) in [6, 6.07) is 7.22. The van der Waals surface area contributed by atoms with E-state index in [4.69, 9.17) is 10.1 Å². The van der Waals surface area contributed by atoms with Crippen molar-refractivity contribution in [2.24, 2.45) is 11.1 Å². The third-order valence-corrected chi connectivity index (χ3v) is 5.43. The lowest BCUT2D eigenvalue weighted by Crippen LogP contribution is -2.43. The summed E-state index contributed by atoms with van der Waals surface area (Å²) in [6.45, 7) is 2.45. The van der Waals surface area contributed by atoms with E-state index in [-0.39, 0.29) is 31.5 Å². The van der Waals surface area contributed by atoms with Crippen LogP contribution in [-0.2, 0) is 16.2 Å². The summed E-state index contributed by atoms with van der Waals surface area (Å²) in [5.41, 5.74) is 1.77. The lowest BCUT2D eigenvalue weighted by molar-refractivity contribution is -0.130. The highest BCUT2D eigenvalue weighted by Gasteiger charge is 2.35. The number of carbonyl (C=O) groups excluding carboxylic acids is 1. The zero-order valence-corrected chi connectivity index (χ0v) is 16.1. The molecule has 1 aliphatic heterocycles. The van der Waals surface area contributed by atoms with E-state index in [1.54, 1.807) is 6.20 Å². The summed E-state index contributed by atoms with van der Waals surface area (Å²) in [6.07, 6.45) is 3.53. The number of nitriles is 1. The Balaban J connectivity index is 1.40. The highest BCUT2D eigenvalue weighted by Crippen LogP contribution is 2.27. The van der Waals surface area contributed by atoms with Crippen LogP contribution in [0.2, 0.25) is 0 Å². The smallest absolute Gasteiger partial charge is 0.237 e. The standard InChI is InChI=1S/C20H26FN5O2/c1-14(25-28-13-18-4-2-3-7-23-18)15-5-6-17(8-15)24-11-20(27)26-12-16(21)9-19(26)10-22/h2-4,7,15-17,19,24H,5-6,8-9,11-13H2,1H3/b25-14+/t15-,16-,17+,19-/m0/s1. The number of hydrogen-bond donors (Lipinski definition) is 1. The number of oxime groups is 1. The Labute approximate surface area is 164 Å². The molecule has 4 atom stereocenters. The first-order valence-electron chi connectivity index (χ1n) is 9.69. The molecule has 2 fully saturated rings. The number of carbonyl (C=O) groups is 1. The van der Waals surface area contributed by atoms with Crippen LogP contribution >= 0.6 is 0 Å². The molecule has 1 amide bonds. The molecule has 1 aromatic rings. The zero-order valence-electron chi connectivity index (χ0n) is 16.1. The van der Waals surface area contributed by atoms with Gasteiger partial charge in [-0.2, -0.15) is 5.26 Å². The van der Waals surface area contributed by atoms with Gasteiger partial charge in [0.2, 0.25) is 5.91 Å². The molecule has 0 radical (unpaired) electrons. The molecule has 2 aliphatic rings. The van der Waals surface area contributed by atoms with Crippen LogP contribution in [0.5, 0.6) is 0 Å². The van der Waals surface area contributed by atoms with Gasteiger partial charge in [0.25, 0.3) is 0 Å². The molecule has 8 heteroatoms. The van der Waals surface area contributed by atoms with Gasteiger partial charge in [0.05, 0.1) is 30.6 Å². The molecule has 0 bridgehead atoms. The summed E-state index contributed by atoms with van der Waals surface area (Å²) in [5, 5.41) is 16.5. The summed E-state index contributed by atoms with van der Waals surface area (Å²) in [5.74, 6) is 0.101. The van der Waals surface area contributed by atoms with E-state index in [1.807, 2.05) is 31.2 Å². The number of pyridine rings is 1. The highest BCUT2D eigenvalue weighted by molar-refractivity contribution is 5.84. The van der Waals surface area contributed by atoms with E-state index in [0.29, 0.717) is 12.5 Å². The average molecular weight is 387 g/mol. The van der Waals surface area contributed by atoms with Crippen molar-refractivity contribution in [2.45, 2.75) is 57.5 Å². The SMILES string of the molecule is C/C(=N\OCc1ccccn1)[C@H]1CC[C@@H](NCC(=O)N2C[C@@H](F)C[C@H]2C#N)C1. The lowest BCUT2D eigenvalue weighted by atomic mass is 10.0. The average Bonchev–Trinajstić information content (AvgIpc) is 3.33. The summed E-state index contributed by atoms with van der Waals surface area (Å²) >= 11 is 0. The van der Waals surface area contributed by atoms with Crippen molar-refractivity contribution in [2.75, 3.05) is 13.1 Å². The van der Waals surface area contributed by atoms with Gasteiger partial charge in [0.15, 0.2) is 6.61 Å². The number of nitrogens with one attached hydrogen (secondary N) is 1.